The Morgan fingerprint density at radius 2 is 2.00 bits per heavy atom. The molecule has 0 N–H and O–H groups in total. The third kappa shape index (κ3) is 3.71. The molecule has 0 aliphatic carbocycles. The zero-order valence-corrected chi connectivity index (χ0v) is 13.4. The summed E-state index contributed by atoms with van der Waals surface area (Å²) >= 11 is 1.87. The first kappa shape index (κ1) is 14.7. The topological polar surface area (TPSA) is 3.24 Å². The fraction of sp³-hybridized carbons (Fsp3) is 0.636. The molecule has 1 nitrogen and oxygen atoms in total. The van der Waals surface area contributed by atoms with Crippen molar-refractivity contribution >= 4 is 11.8 Å². The zero-order valence-electron chi connectivity index (χ0n) is 9.72. The first-order chi connectivity index (χ1) is 6.02. The molecule has 1 aliphatic rings. The van der Waals surface area contributed by atoms with Crippen LogP contribution in [0.5, 0.6) is 0 Å². The first-order valence-electron chi connectivity index (χ1n) is 4.70. The minimum Gasteiger partial charge on any atom is -0.393 e. The van der Waals surface area contributed by atoms with Crippen molar-refractivity contribution < 1.29 is 32.7 Å². The second kappa shape index (κ2) is 6.35. The van der Waals surface area contributed by atoms with Crippen LogP contribution in [0.1, 0.15) is 34.6 Å². The number of hydrogen-bond acceptors (Lipinski definition) is 2. The number of allylic oxidation sites excluding steroid dienone is 3. The largest absolute Gasteiger partial charge is 0.393 e. The average molecular weight is 285 g/mol. The molecule has 0 aromatic heterocycles. The van der Waals surface area contributed by atoms with Crippen LogP contribution in [-0.2, 0) is 32.7 Å². The number of thioether (sulfide) groups is 1. The van der Waals surface area contributed by atoms with Crippen LogP contribution in [0, 0.1) is 6.08 Å². The first-order valence-corrected chi connectivity index (χ1v) is 5.68. The molecule has 0 spiro atoms. The van der Waals surface area contributed by atoms with Crippen LogP contribution in [-0.4, -0.2) is 16.8 Å². The summed E-state index contributed by atoms with van der Waals surface area (Å²) in [5.74, 6) is 1.07. The van der Waals surface area contributed by atoms with E-state index in [1.807, 2.05) is 11.8 Å². The molecule has 14 heavy (non-hydrogen) atoms. The molecule has 1 rings (SSSR count). The van der Waals surface area contributed by atoms with Gasteiger partial charge in [-0.15, -0.1) is 36.2 Å². The van der Waals surface area contributed by atoms with E-state index in [1.165, 1.54) is 16.2 Å². The molecule has 0 unspecified atom stereocenters. The summed E-state index contributed by atoms with van der Waals surface area (Å²) in [6.07, 6.45) is 3.43. The third-order valence-corrected chi connectivity index (χ3v) is 3.04. The van der Waals surface area contributed by atoms with Crippen molar-refractivity contribution in [2.75, 3.05) is 5.88 Å². The summed E-state index contributed by atoms with van der Waals surface area (Å²) in [4.78, 5) is 3.70. The maximum absolute atomic E-state index is 3.43. The summed E-state index contributed by atoms with van der Waals surface area (Å²) in [6, 6.07) is 0.568. The van der Waals surface area contributed by atoms with Gasteiger partial charge in [0.25, 0.3) is 0 Å². The summed E-state index contributed by atoms with van der Waals surface area (Å²) < 4.78 is 0. The predicted molar refractivity (Wildman–Crippen MR) is 60.2 cm³/mol. The third-order valence-electron chi connectivity index (χ3n) is 2.10. The Morgan fingerprint density at radius 1 is 1.43 bits per heavy atom. The van der Waals surface area contributed by atoms with Gasteiger partial charge in [-0.05, 0) is 13.8 Å². The molecule has 0 saturated carbocycles. The van der Waals surface area contributed by atoms with E-state index in [-0.39, 0.29) is 32.7 Å². The Kier molecular flexibility index (Phi) is 6.68. The van der Waals surface area contributed by atoms with Crippen LogP contribution in [0.2, 0.25) is 0 Å². The van der Waals surface area contributed by atoms with Gasteiger partial charge in [0, 0.05) is 38.8 Å². The Morgan fingerprint density at radius 3 is 2.43 bits per heavy atom. The van der Waals surface area contributed by atoms with Crippen molar-refractivity contribution in [1.29, 1.82) is 0 Å². The van der Waals surface area contributed by atoms with E-state index in [0.717, 1.165) is 5.88 Å². The number of nitrogens with zero attached hydrogens (tertiary/aromatic N) is 1. The monoisotopic (exact) mass is 285 g/mol. The summed E-state index contributed by atoms with van der Waals surface area (Å²) in [5.41, 5.74) is 2.64. The number of rotatable bonds is 1. The fourth-order valence-electron chi connectivity index (χ4n) is 1.33. The molecule has 0 atom stereocenters. The zero-order chi connectivity index (χ0) is 10.0. The van der Waals surface area contributed by atoms with E-state index in [4.69, 9.17) is 0 Å². The van der Waals surface area contributed by atoms with E-state index in [0.29, 0.717) is 6.04 Å². The smallest absolute Gasteiger partial charge is 0.0637 e. The van der Waals surface area contributed by atoms with Crippen LogP contribution in [0.15, 0.2) is 16.2 Å². The van der Waals surface area contributed by atoms with Gasteiger partial charge in [-0.1, -0.05) is 6.92 Å². The standard InChI is InChI=1S/C11H18NS.Y/c1-8(2)11-6-10(5)13-7-12(11)9(3)4;/h9H,7H2,1-5H3;/q-1;. The van der Waals surface area contributed by atoms with Crippen molar-refractivity contribution in [2.24, 2.45) is 0 Å². The second-order valence-electron chi connectivity index (χ2n) is 3.87. The van der Waals surface area contributed by atoms with Crippen LogP contribution >= 0.6 is 11.8 Å². The SMILES string of the molecule is CC1=[C-]C(=C(C)C)N(C(C)C)CS1.[Y]. The Balaban J connectivity index is 0.00000169. The van der Waals surface area contributed by atoms with Gasteiger partial charge in [-0.3, -0.25) is 0 Å². The van der Waals surface area contributed by atoms with Crippen molar-refractivity contribution in [2.45, 2.75) is 40.7 Å². The molecule has 1 heterocycles. The molecular weight excluding hydrogens is 267 g/mol. The van der Waals surface area contributed by atoms with Gasteiger partial charge >= 0.3 is 0 Å². The maximum atomic E-state index is 3.43. The van der Waals surface area contributed by atoms with E-state index in [1.54, 1.807) is 0 Å². The quantitative estimate of drug-likeness (QED) is 0.679. The summed E-state index contributed by atoms with van der Waals surface area (Å²) in [5, 5.41) is 0. The molecular formula is C11H18NSY-. The summed E-state index contributed by atoms with van der Waals surface area (Å²) in [6.45, 7) is 10.9. The molecule has 3 heteroatoms. The van der Waals surface area contributed by atoms with Gasteiger partial charge in [0.05, 0.1) is 5.88 Å². The van der Waals surface area contributed by atoms with Crippen LogP contribution in [0.25, 0.3) is 0 Å². The molecule has 1 radical (unpaired) electrons. The van der Waals surface area contributed by atoms with E-state index in [9.17, 15) is 0 Å². The van der Waals surface area contributed by atoms with Gasteiger partial charge in [0.15, 0.2) is 0 Å². The van der Waals surface area contributed by atoms with Gasteiger partial charge in [0.2, 0.25) is 0 Å². The van der Waals surface area contributed by atoms with Crippen LogP contribution in [0.3, 0.4) is 0 Å². The predicted octanol–water partition coefficient (Wildman–Crippen LogP) is 3.40. The normalized spacial score (nSPS) is 16.6. The molecule has 0 amide bonds. The molecule has 1 aliphatic heterocycles. The van der Waals surface area contributed by atoms with Gasteiger partial charge < -0.3 is 4.90 Å². The molecule has 0 fully saturated rings. The van der Waals surface area contributed by atoms with Crippen molar-refractivity contribution in [3.8, 4) is 0 Å². The van der Waals surface area contributed by atoms with Gasteiger partial charge in [-0.25, -0.2) is 6.08 Å². The van der Waals surface area contributed by atoms with E-state index < -0.39 is 0 Å². The van der Waals surface area contributed by atoms with Crippen LogP contribution < -0.4 is 0 Å². The Labute approximate surface area is 117 Å². The van der Waals surface area contributed by atoms with E-state index in [2.05, 4.69) is 45.6 Å². The molecule has 0 bridgehead atoms. The van der Waals surface area contributed by atoms with E-state index >= 15 is 0 Å². The van der Waals surface area contributed by atoms with Crippen molar-refractivity contribution in [3.05, 3.63) is 22.3 Å². The molecule has 0 saturated heterocycles. The fourth-order valence-corrected chi connectivity index (χ4v) is 2.25. The van der Waals surface area contributed by atoms with Crippen LogP contribution in [0.4, 0.5) is 0 Å². The minimum absolute atomic E-state index is 0. The summed E-state index contributed by atoms with van der Waals surface area (Å²) in [7, 11) is 0. The van der Waals surface area contributed by atoms with Gasteiger partial charge in [0.1, 0.15) is 0 Å². The van der Waals surface area contributed by atoms with Crippen molar-refractivity contribution in [1.82, 2.24) is 4.90 Å². The average Bonchev–Trinajstić information content (AvgIpc) is 2.03. The minimum atomic E-state index is 0. The Bertz CT molecular complexity index is 252. The van der Waals surface area contributed by atoms with Gasteiger partial charge in [-0.2, -0.15) is 5.57 Å². The molecule has 0 aromatic rings. The maximum Gasteiger partial charge on any atom is 0.0637 e. The molecule has 0 aromatic carbocycles. The Hall–Kier alpha value is 0.734. The second-order valence-corrected chi connectivity index (χ2v) is 5.03. The molecule has 77 valence electrons. The number of hydrogen-bond donors (Lipinski definition) is 0. The van der Waals surface area contributed by atoms with Crippen molar-refractivity contribution in [3.63, 3.8) is 0 Å².